The van der Waals surface area contributed by atoms with Crippen molar-refractivity contribution in [2.75, 3.05) is 19.5 Å². The number of para-hydroxylation sites is 1. The quantitative estimate of drug-likeness (QED) is 0.456. The third kappa shape index (κ3) is 3.63. The second-order valence-electron chi connectivity index (χ2n) is 8.11. The molecule has 3 aromatic carbocycles. The van der Waals surface area contributed by atoms with Gasteiger partial charge < -0.3 is 14.8 Å². The molecule has 0 radical (unpaired) electrons. The summed E-state index contributed by atoms with van der Waals surface area (Å²) >= 11 is 0. The number of rotatable bonds is 5. The van der Waals surface area contributed by atoms with Crippen LogP contribution in [0.15, 0.2) is 72.8 Å². The number of carbonyl (C=O) groups excluding carboxylic acids is 1. The van der Waals surface area contributed by atoms with Crippen molar-refractivity contribution in [1.82, 2.24) is 9.78 Å². The second-order valence-corrected chi connectivity index (χ2v) is 8.11. The number of nitrogens with zero attached hydrogens (tertiary/aromatic N) is 2. The highest BCUT2D eigenvalue weighted by Crippen LogP contribution is 2.47. The average Bonchev–Trinajstić information content (AvgIpc) is 3.23. The summed E-state index contributed by atoms with van der Waals surface area (Å²) in [5.41, 5.74) is 5.73. The zero-order valence-corrected chi connectivity index (χ0v) is 18.8. The summed E-state index contributed by atoms with van der Waals surface area (Å²) in [5, 5.41) is 8.09. The van der Waals surface area contributed by atoms with Crippen molar-refractivity contribution in [3.8, 4) is 28.4 Å². The number of methoxy groups -OCH3 is 2. The highest BCUT2D eigenvalue weighted by Gasteiger charge is 2.36. The maximum absolute atomic E-state index is 12.9. The summed E-state index contributed by atoms with van der Waals surface area (Å²) in [6, 6.07) is 23.9. The molecular formula is C27H25N3O3. The van der Waals surface area contributed by atoms with Crippen LogP contribution in [0.3, 0.4) is 0 Å². The number of anilines is 1. The van der Waals surface area contributed by atoms with Crippen LogP contribution in [0.5, 0.6) is 11.5 Å². The Hall–Kier alpha value is -4.06. The maximum Gasteiger partial charge on any atom is 0.226 e. The molecular weight excluding hydrogens is 414 g/mol. The lowest BCUT2D eigenvalue weighted by Gasteiger charge is -2.26. The molecule has 0 bridgehead atoms. The number of aromatic nitrogens is 2. The predicted octanol–water partition coefficient (Wildman–Crippen LogP) is 5.34. The van der Waals surface area contributed by atoms with Crippen LogP contribution in [0.1, 0.15) is 29.0 Å². The topological polar surface area (TPSA) is 65.4 Å². The van der Waals surface area contributed by atoms with Crippen molar-refractivity contribution in [2.24, 2.45) is 0 Å². The van der Waals surface area contributed by atoms with E-state index in [1.165, 1.54) is 0 Å². The van der Waals surface area contributed by atoms with Crippen LogP contribution in [0.2, 0.25) is 0 Å². The molecule has 1 N–H and O–H groups in total. The molecule has 2 heterocycles. The van der Waals surface area contributed by atoms with E-state index in [2.05, 4.69) is 5.32 Å². The summed E-state index contributed by atoms with van der Waals surface area (Å²) < 4.78 is 13.1. The molecule has 1 aliphatic rings. The third-order valence-corrected chi connectivity index (χ3v) is 6.05. The van der Waals surface area contributed by atoms with Crippen LogP contribution in [0.25, 0.3) is 16.9 Å². The number of fused-ring (bicyclic) bond motifs is 1. The van der Waals surface area contributed by atoms with Crippen molar-refractivity contribution >= 4 is 11.7 Å². The standard InChI is InChI=1S/C27H25N3O3/c1-17-12-14-19(15-13-17)30-27-24(25(29-30)18-8-5-4-6-9-18)21(16-23(31)28-27)20-10-7-11-22(32-2)26(20)33-3/h4-15,21H,16H2,1-3H3,(H,28,31). The number of hydrogen-bond donors (Lipinski definition) is 1. The molecule has 166 valence electrons. The fraction of sp³-hybridized carbons (Fsp3) is 0.185. The Bertz CT molecular complexity index is 1310. The lowest BCUT2D eigenvalue weighted by Crippen LogP contribution is -2.25. The number of benzene rings is 3. The summed E-state index contributed by atoms with van der Waals surface area (Å²) in [6.07, 6.45) is 0.288. The molecule has 1 aliphatic heterocycles. The normalized spacial score (nSPS) is 15.0. The zero-order chi connectivity index (χ0) is 22.9. The molecule has 1 aromatic heterocycles. The predicted molar refractivity (Wildman–Crippen MR) is 128 cm³/mol. The van der Waals surface area contributed by atoms with Gasteiger partial charge in [-0.25, -0.2) is 4.68 Å². The summed E-state index contributed by atoms with van der Waals surface area (Å²) in [7, 11) is 3.24. The highest BCUT2D eigenvalue weighted by atomic mass is 16.5. The molecule has 6 heteroatoms. The van der Waals surface area contributed by atoms with Crippen LogP contribution in [0.4, 0.5) is 5.82 Å². The Morgan fingerprint density at radius 3 is 2.39 bits per heavy atom. The van der Waals surface area contributed by atoms with Crippen LogP contribution in [-0.4, -0.2) is 29.9 Å². The van der Waals surface area contributed by atoms with Crippen molar-refractivity contribution < 1.29 is 14.3 Å². The van der Waals surface area contributed by atoms with Crippen LogP contribution in [0, 0.1) is 6.92 Å². The van der Waals surface area contributed by atoms with E-state index in [-0.39, 0.29) is 18.2 Å². The molecule has 6 nitrogen and oxygen atoms in total. The minimum absolute atomic E-state index is 0.0646. The molecule has 0 aliphatic carbocycles. The molecule has 0 saturated carbocycles. The Morgan fingerprint density at radius 2 is 1.70 bits per heavy atom. The lowest BCUT2D eigenvalue weighted by atomic mass is 9.83. The molecule has 1 amide bonds. The van der Waals surface area contributed by atoms with E-state index in [9.17, 15) is 4.79 Å². The summed E-state index contributed by atoms with van der Waals surface area (Å²) in [5.74, 6) is 1.64. The van der Waals surface area contributed by atoms with Gasteiger partial charge in [0.15, 0.2) is 11.5 Å². The first kappa shape index (κ1) is 20.8. The molecule has 1 unspecified atom stereocenters. The molecule has 4 aromatic rings. The number of hydrogen-bond acceptors (Lipinski definition) is 4. The van der Waals surface area contributed by atoms with E-state index in [0.717, 1.165) is 33.6 Å². The lowest BCUT2D eigenvalue weighted by molar-refractivity contribution is -0.116. The molecule has 33 heavy (non-hydrogen) atoms. The SMILES string of the molecule is COc1cccc(C2CC(=O)Nc3c2c(-c2ccccc2)nn3-c2ccc(C)cc2)c1OC. The monoisotopic (exact) mass is 439 g/mol. The van der Waals surface area contributed by atoms with Gasteiger partial charge in [-0.3, -0.25) is 4.79 Å². The fourth-order valence-electron chi connectivity index (χ4n) is 4.48. The average molecular weight is 440 g/mol. The van der Waals surface area contributed by atoms with Crippen LogP contribution >= 0.6 is 0 Å². The van der Waals surface area contributed by atoms with E-state index in [4.69, 9.17) is 14.6 Å². The van der Waals surface area contributed by atoms with Crippen LogP contribution < -0.4 is 14.8 Å². The Kier molecular flexibility index (Phi) is 5.34. The van der Waals surface area contributed by atoms with Crippen molar-refractivity contribution in [1.29, 1.82) is 0 Å². The molecule has 5 rings (SSSR count). The van der Waals surface area contributed by atoms with E-state index >= 15 is 0 Å². The van der Waals surface area contributed by atoms with Gasteiger partial charge in [0, 0.05) is 29.0 Å². The smallest absolute Gasteiger partial charge is 0.226 e. The third-order valence-electron chi connectivity index (χ3n) is 6.05. The highest BCUT2D eigenvalue weighted by molar-refractivity contribution is 5.97. The van der Waals surface area contributed by atoms with Crippen LogP contribution in [-0.2, 0) is 4.79 Å². The fourth-order valence-corrected chi connectivity index (χ4v) is 4.48. The summed E-state index contributed by atoms with van der Waals surface area (Å²) in [4.78, 5) is 12.9. The van der Waals surface area contributed by atoms with E-state index in [1.807, 2.05) is 84.4 Å². The zero-order valence-electron chi connectivity index (χ0n) is 18.8. The van der Waals surface area contributed by atoms with Crippen molar-refractivity contribution in [2.45, 2.75) is 19.3 Å². The molecule has 1 atom stereocenters. The first-order valence-corrected chi connectivity index (χ1v) is 10.9. The van der Waals surface area contributed by atoms with Gasteiger partial charge in [-0.05, 0) is 25.1 Å². The van der Waals surface area contributed by atoms with Gasteiger partial charge in [-0.1, -0.05) is 60.2 Å². The van der Waals surface area contributed by atoms with E-state index < -0.39 is 0 Å². The maximum atomic E-state index is 12.9. The molecule has 0 spiro atoms. The van der Waals surface area contributed by atoms with Gasteiger partial charge in [0.05, 0.1) is 25.6 Å². The van der Waals surface area contributed by atoms with Gasteiger partial charge in [0.25, 0.3) is 0 Å². The minimum atomic E-state index is -0.242. The van der Waals surface area contributed by atoms with E-state index in [0.29, 0.717) is 17.3 Å². The molecule has 0 saturated heterocycles. The number of ether oxygens (including phenoxy) is 2. The number of amides is 1. The van der Waals surface area contributed by atoms with E-state index in [1.54, 1.807) is 14.2 Å². The largest absolute Gasteiger partial charge is 0.493 e. The van der Waals surface area contributed by atoms with Gasteiger partial charge in [0.1, 0.15) is 5.82 Å². The first-order chi connectivity index (χ1) is 16.1. The van der Waals surface area contributed by atoms with Gasteiger partial charge in [-0.15, -0.1) is 0 Å². The van der Waals surface area contributed by atoms with Gasteiger partial charge in [-0.2, -0.15) is 5.10 Å². The second kappa shape index (κ2) is 8.47. The number of carbonyl (C=O) groups is 1. The van der Waals surface area contributed by atoms with Crippen molar-refractivity contribution in [3.05, 3.63) is 89.5 Å². The van der Waals surface area contributed by atoms with Gasteiger partial charge in [0.2, 0.25) is 5.91 Å². The van der Waals surface area contributed by atoms with Crippen molar-refractivity contribution in [3.63, 3.8) is 0 Å². The van der Waals surface area contributed by atoms with Gasteiger partial charge >= 0.3 is 0 Å². The number of aryl methyl sites for hydroxylation is 1. The Morgan fingerprint density at radius 1 is 0.939 bits per heavy atom. The number of nitrogens with one attached hydrogen (secondary N) is 1. The first-order valence-electron chi connectivity index (χ1n) is 10.9. The summed E-state index contributed by atoms with van der Waals surface area (Å²) in [6.45, 7) is 2.05. The molecule has 0 fully saturated rings. The minimum Gasteiger partial charge on any atom is -0.493 e. The Labute approximate surface area is 192 Å². The Balaban J connectivity index is 1.79.